The summed E-state index contributed by atoms with van der Waals surface area (Å²) in [5, 5.41) is 3.40. The van der Waals surface area contributed by atoms with Crippen molar-refractivity contribution in [3.8, 4) is 11.5 Å². The third-order valence-electron chi connectivity index (χ3n) is 5.88. The van der Waals surface area contributed by atoms with Crippen molar-refractivity contribution in [1.82, 2.24) is 10.2 Å². The Balaban J connectivity index is 0.00000341. The number of nitrogens with two attached hydrogens (primary N) is 1. The van der Waals surface area contributed by atoms with Crippen LogP contribution in [0.3, 0.4) is 0 Å². The molecule has 7 nitrogen and oxygen atoms in total. The van der Waals surface area contributed by atoms with Gasteiger partial charge in [0, 0.05) is 26.1 Å². The molecule has 0 bridgehead atoms. The lowest BCUT2D eigenvalue weighted by Gasteiger charge is -2.34. The van der Waals surface area contributed by atoms with Crippen molar-refractivity contribution in [3.63, 3.8) is 0 Å². The molecule has 8 heteroatoms. The molecule has 1 amide bonds. The van der Waals surface area contributed by atoms with E-state index in [1.54, 1.807) is 7.11 Å². The van der Waals surface area contributed by atoms with Gasteiger partial charge in [-0.15, -0.1) is 24.0 Å². The molecule has 1 aliphatic carbocycles. The Morgan fingerprint density at radius 2 is 2.00 bits per heavy atom. The smallest absolute Gasteiger partial charge is 0.217 e. The number of carbonyl (C=O) groups excluding carboxylic acids is 1. The second kappa shape index (κ2) is 13.0. The zero-order valence-electron chi connectivity index (χ0n) is 18.8. The maximum atomic E-state index is 11.3. The Bertz CT molecular complexity index is 738. The number of primary amides is 1. The van der Waals surface area contributed by atoms with E-state index in [0.717, 1.165) is 68.3 Å². The van der Waals surface area contributed by atoms with E-state index in [-0.39, 0.29) is 36.0 Å². The molecule has 1 aliphatic heterocycles. The number of aliphatic imine (C=N–C) groups is 1. The Morgan fingerprint density at radius 1 is 1.23 bits per heavy atom. The molecule has 1 saturated carbocycles. The van der Waals surface area contributed by atoms with Crippen LogP contribution in [0.15, 0.2) is 23.2 Å². The van der Waals surface area contributed by atoms with E-state index in [4.69, 9.17) is 20.2 Å². The summed E-state index contributed by atoms with van der Waals surface area (Å²) in [4.78, 5) is 18.4. The molecule has 1 aromatic rings. The Labute approximate surface area is 203 Å². The fraction of sp³-hybridized carbons (Fsp3) is 0.652. The van der Waals surface area contributed by atoms with Crippen LogP contribution in [0.25, 0.3) is 0 Å². The van der Waals surface area contributed by atoms with Crippen molar-refractivity contribution in [2.75, 3.05) is 26.7 Å². The van der Waals surface area contributed by atoms with Gasteiger partial charge in [0.1, 0.15) is 0 Å². The average Bonchev–Trinajstić information content (AvgIpc) is 3.24. The van der Waals surface area contributed by atoms with Gasteiger partial charge in [-0.05, 0) is 69.1 Å². The highest BCUT2D eigenvalue weighted by Gasteiger charge is 2.23. The first kappa shape index (κ1) is 25.5. The Morgan fingerprint density at radius 3 is 2.68 bits per heavy atom. The van der Waals surface area contributed by atoms with E-state index in [9.17, 15) is 4.79 Å². The summed E-state index contributed by atoms with van der Waals surface area (Å²) < 4.78 is 11.7. The summed E-state index contributed by atoms with van der Waals surface area (Å²) in [5.74, 6) is 2.54. The molecule has 0 radical (unpaired) electrons. The minimum absolute atomic E-state index is 0. The molecular weight excluding hydrogens is 507 g/mol. The fourth-order valence-corrected chi connectivity index (χ4v) is 4.40. The van der Waals surface area contributed by atoms with Crippen molar-refractivity contribution in [1.29, 1.82) is 0 Å². The van der Waals surface area contributed by atoms with Crippen molar-refractivity contribution in [2.24, 2.45) is 16.6 Å². The lowest BCUT2D eigenvalue weighted by atomic mass is 9.95. The molecule has 1 unspecified atom stereocenters. The SMILES string of the molecule is CCNC(=NCc1ccc(OC)c(OC2CCCC2)c1)N1CCCC(CC(N)=O)C1.I. The largest absolute Gasteiger partial charge is 0.493 e. The van der Waals surface area contributed by atoms with Crippen molar-refractivity contribution in [3.05, 3.63) is 23.8 Å². The van der Waals surface area contributed by atoms with Crippen molar-refractivity contribution in [2.45, 2.75) is 64.5 Å². The summed E-state index contributed by atoms with van der Waals surface area (Å²) >= 11 is 0. The predicted octanol–water partition coefficient (Wildman–Crippen LogP) is 3.69. The highest BCUT2D eigenvalue weighted by molar-refractivity contribution is 14.0. The topological polar surface area (TPSA) is 89.2 Å². The summed E-state index contributed by atoms with van der Waals surface area (Å²) in [5.41, 5.74) is 6.50. The van der Waals surface area contributed by atoms with Gasteiger partial charge in [-0.3, -0.25) is 4.79 Å². The lowest BCUT2D eigenvalue weighted by Crippen LogP contribution is -2.47. The Hall–Kier alpha value is -1.71. The normalized spacial score (nSPS) is 19.6. The molecule has 2 fully saturated rings. The van der Waals surface area contributed by atoms with Gasteiger partial charge in [-0.2, -0.15) is 0 Å². The highest BCUT2D eigenvalue weighted by atomic mass is 127. The molecule has 0 spiro atoms. The number of nitrogens with one attached hydrogen (secondary N) is 1. The molecule has 3 rings (SSSR count). The van der Waals surface area contributed by atoms with Gasteiger partial charge < -0.3 is 25.4 Å². The highest BCUT2D eigenvalue weighted by Crippen LogP contribution is 2.32. The van der Waals surface area contributed by atoms with Crippen LogP contribution in [-0.2, 0) is 11.3 Å². The van der Waals surface area contributed by atoms with E-state index in [1.165, 1.54) is 12.8 Å². The summed E-state index contributed by atoms with van der Waals surface area (Å²) in [6.45, 7) is 5.19. The number of methoxy groups -OCH3 is 1. The number of halogens is 1. The molecular formula is C23H37IN4O3. The van der Waals surface area contributed by atoms with Crippen LogP contribution in [0.1, 0.15) is 57.4 Å². The number of nitrogens with zero attached hydrogens (tertiary/aromatic N) is 2. The number of guanidine groups is 1. The number of hydrogen-bond donors (Lipinski definition) is 2. The van der Waals surface area contributed by atoms with Crippen LogP contribution >= 0.6 is 24.0 Å². The second-order valence-corrected chi connectivity index (χ2v) is 8.30. The van der Waals surface area contributed by atoms with Gasteiger partial charge in [0.2, 0.25) is 5.91 Å². The Kier molecular flexibility index (Phi) is 10.7. The monoisotopic (exact) mass is 544 g/mol. The van der Waals surface area contributed by atoms with Crippen molar-refractivity contribution < 1.29 is 14.3 Å². The number of piperidine rings is 1. The van der Waals surface area contributed by atoms with E-state index in [1.807, 2.05) is 12.1 Å². The average molecular weight is 544 g/mol. The number of benzene rings is 1. The molecule has 1 atom stereocenters. The maximum absolute atomic E-state index is 11.3. The molecule has 1 saturated heterocycles. The molecule has 3 N–H and O–H groups in total. The summed E-state index contributed by atoms with van der Waals surface area (Å²) in [6, 6.07) is 6.06. The quantitative estimate of drug-likeness (QED) is 0.296. The standard InChI is InChI=1S/C23H36N4O3.HI/c1-3-25-23(27-12-6-7-18(16-27)14-22(24)28)26-15-17-10-11-20(29-2)21(13-17)30-19-8-4-5-9-19;/h10-11,13,18-19H,3-9,12,14-16H2,1-2H3,(H2,24,28)(H,25,26);1H. The van der Waals surface area contributed by atoms with E-state index >= 15 is 0 Å². The second-order valence-electron chi connectivity index (χ2n) is 8.30. The van der Waals surface area contributed by atoms with Gasteiger partial charge >= 0.3 is 0 Å². The van der Waals surface area contributed by atoms with Crippen molar-refractivity contribution >= 4 is 35.8 Å². The van der Waals surface area contributed by atoms with Crippen LogP contribution in [0.2, 0.25) is 0 Å². The zero-order valence-corrected chi connectivity index (χ0v) is 21.1. The number of ether oxygens (including phenoxy) is 2. The van der Waals surface area contributed by atoms with Crippen LogP contribution < -0.4 is 20.5 Å². The van der Waals surface area contributed by atoms with Crippen LogP contribution in [0.5, 0.6) is 11.5 Å². The lowest BCUT2D eigenvalue weighted by molar-refractivity contribution is -0.119. The molecule has 0 aromatic heterocycles. The first-order valence-electron chi connectivity index (χ1n) is 11.2. The molecule has 174 valence electrons. The predicted molar refractivity (Wildman–Crippen MR) is 134 cm³/mol. The van der Waals surface area contributed by atoms with Gasteiger partial charge in [-0.1, -0.05) is 6.07 Å². The summed E-state index contributed by atoms with van der Waals surface area (Å²) in [6.07, 6.45) is 7.49. The van der Waals surface area contributed by atoms with E-state index < -0.39 is 0 Å². The number of carbonyl (C=O) groups is 1. The van der Waals surface area contributed by atoms with Crippen LogP contribution in [0, 0.1) is 5.92 Å². The van der Waals surface area contributed by atoms with E-state index in [0.29, 0.717) is 18.9 Å². The van der Waals surface area contributed by atoms with Gasteiger partial charge in [0.15, 0.2) is 17.5 Å². The fourth-order valence-electron chi connectivity index (χ4n) is 4.40. The third kappa shape index (κ3) is 7.73. The molecule has 1 aromatic carbocycles. The third-order valence-corrected chi connectivity index (χ3v) is 5.88. The maximum Gasteiger partial charge on any atom is 0.217 e. The van der Waals surface area contributed by atoms with Gasteiger partial charge in [0.25, 0.3) is 0 Å². The molecule has 1 heterocycles. The first-order chi connectivity index (χ1) is 14.6. The molecule has 2 aliphatic rings. The van der Waals surface area contributed by atoms with Gasteiger partial charge in [-0.25, -0.2) is 4.99 Å². The molecule has 31 heavy (non-hydrogen) atoms. The first-order valence-corrected chi connectivity index (χ1v) is 11.2. The van der Waals surface area contributed by atoms with Crippen LogP contribution in [0.4, 0.5) is 0 Å². The zero-order chi connectivity index (χ0) is 21.3. The summed E-state index contributed by atoms with van der Waals surface area (Å²) in [7, 11) is 1.68. The number of hydrogen-bond acceptors (Lipinski definition) is 4. The number of likely N-dealkylation sites (tertiary alicyclic amines) is 1. The van der Waals surface area contributed by atoms with Crippen LogP contribution in [-0.4, -0.2) is 49.6 Å². The number of rotatable bonds is 8. The minimum Gasteiger partial charge on any atom is -0.493 e. The number of amides is 1. The van der Waals surface area contributed by atoms with Gasteiger partial charge in [0.05, 0.1) is 19.8 Å². The van der Waals surface area contributed by atoms with E-state index in [2.05, 4.69) is 23.2 Å². The minimum atomic E-state index is -0.225.